The van der Waals surface area contributed by atoms with Crippen LogP contribution in [0.25, 0.3) is 0 Å². The molecular formula is C13H16O4. The Bertz CT molecular complexity index is 455. The minimum absolute atomic E-state index is 0.0286. The van der Waals surface area contributed by atoms with Crippen LogP contribution in [0.5, 0.6) is 11.5 Å². The molecular weight excluding hydrogens is 220 g/mol. The van der Waals surface area contributed by atoms with Gasteiger partial charge < -0.3 is 14.6 Å². The van der Waals surface area contributed by atoms with Gasteiger partial charge in [-0.1, -0.05) is 6.07 Å². The second kappa shape index (κ2) is 3.95. The normalized spacial score (nSPS) is 26.4. The molecule has 1 aromatic carbocycles. The molecule has 1 aliphatic carbocycles. The highest BCUT2D eigenvalue weighted by atomic mass is 16.5. The van der Waals surface area contributed by atoms with E-state index in [1.165, 1.54) is 0 Å². The summed E-state index contributed by atoms with van der Waals surface area (Å²) in [6, 6.07) is 5.50. The monoisotopic (exact) mass is 236 g/mol. The molecule has 0 radical (unpaired) electrons. The molecule has 0 bridgehead atoms. The Morgan fingerprint density at radius 3 is 2.59 bits per heavy atom. The molecule has 0 saturated heterocycles. The van der Waals surface area contributed by atoms with Gasteiger partial charge in [0.15, 0.2) is 0 Å². The number of methoxy groups -OCH3 is 2. The summed E-state index contributed by atoms with van der Waals surface area (Å²) in [6.45, 7) is 1.77. The summed E-state index contributed by atoms with van der Waals surface area (Å²) in [5.41, 5.74) is 0.292. The van der Waals surface area contributed by atoms with Gasteiger partial charge in [-0.15, -0.1) is 0 Å². The van der Waals surface area contributed by atoms with Crippen LogP contribution in [0.3, 0.4) is 0 Å². The van der Waals surface area contributed by atoms with Crippen molar-refractivity contribution < 1.29 is 19.4 Å². The molecule has 1 N–H and O–H groups in total. The maximum atomic E-state index is 11.1. The number of aliphatic carboxylic acids is 1. The van der Waals surface area contributed by atoms with Crippen molar-refractivity contribution in [2.75, 3.05) is 14.2 Å². The van der Waals surface area contributed by atoms with Gasteiger partial charge in [0.2, 0.25) is 0 Å². The van der Waals surface area contributed by atoms with Crippen molar-refractivity contribution in [1.29, 1.82) is 0 Å². The zero-order valence-electron chi connectivity index (χ0n) is 10.2. The number of rotatable bonds is 4. The molecule has 1 aliphatic rings. The molecule has 0 amide bonds. The van der Waals surface area contributed by atoms with Crippen LogP contribution in [0.2, 0.25) is 0 Å². The van der Waals surface area contributed by atoms with Crippen LogP contribution in [0.1, 0.15) is 24.8 Å². The topological polar surface area (TPSA) is 55.8 Å². The Hall–Kier alpha value is -1.71. The predicted octanol–water partition coefficient (Wildman–Crippen LogP) is 2.28. The molecule has 1 fully saturated rings. The minimum Gasteiger partial charge on any atom is -0.497 e. The average molecular weight is 236 g/mol. The molecule has 1 aromatic rings. The summed E-state index contributed by atoms with van der Waals surface area (Å²) < 4.78 is 10.4. The first kappa shape index (κ1) is 11.8. The maximum absolute atomic E-state index is 11.1. The molecule has 4 heteroatoms. The van der Waals surface area contributed by atoms with E-state index in [0.29, 0.717) is 17.9 Å². The van der Waals surface area contributed by atoms with Gasteiger partial charge >= 0.3 is 5.97 Å². The van der Waals surface area contributed by atoms with Gasteiger partial charge in [0, 0.05) is 12.0 Å². The smallest absolute Gasteiger partial charge is 0.309 e. The molecule has 17 heavy (non-hydrogen) atoms. The van der Waals surface area contributed by atoms with E-state index in [-0.39, 0.29) is 5.92 Å². The van der Waals surface area contributed by atoms with E-state index in [4.69, 9.17) is 14.6 Å². The van der Waals surface area contributed by atoms with E-state index in [1.54, 1.807) is 27.2 Å². The number of carboxylic acid groups (broad SMARTS) is 1. The summed E-state index contributed by atoms with van der Waals surface area (Å²) in [7, 11) is 3.17. The summed E-state index contributed by atoms with van der Waals surface area (Å²) in [5, 5.41) is 9.14. The van der Waals surface area contributed by atoms with Gasteiger partial charge in [0.25, 0.3) is 0 Å². The zero-order valence-corrected chi connectivity index (χ0v) is 10.2. The van der Waals surface area contributed by atoms with Crippen molar-refractivity contribution >= 4 is 5.97 Å². The first-order valence-electron chi connectivity index (χ1n) is 5.48. The lowest BCUT2D eigenvalue weighted by molar-refractivity contribution is -0.142. The Morgan fingerprint density at radius 2 is 2.12 bits per heavy atom. The van der Waals surface area contributed by atoms with Crippen LogP contribution in [0.4, 0.5) is 0 Å². The van der Waals surface area contributed by atoms with Crippen molar-refractivity contribution in [1.82, 2.24) is 0 Å². The van der Waals surface area contributed by atoms with E-state index >= 15 is 0 Å². The Morgan fingerprint density at radius 1 is 1.41 bits per heavy atom. The Kier molecular flexibility index (Phi) is 2.73. The van der Waals surface area contributed by atoms with Crippen LogP contribution in [0, 0.1) is 5.41 Å². The van der Waals surface area contributed by atoms with E-state index in [0.717, 1.165) is 5.56 Å². The minimum atomic E-state index is -0.750. The maximum Gasteiger partial charge on any atom is 0.309 e. The Labute approximate surface area is 100 Å². The van der Waals surface area contributed by atoms with E-state index < -0.39 is 11.4 Å². The van der Waals surface area contributed by atoms with Crippen molar-refractivity contribution in [3.63, 3.8) is 0 Å². The number of benzene rings is 1. The summed E-state index contributed by atoms with van der Waals surface area (Å²) in [6.07, 6.45) is 0.658. The first-order valence-corrected chi connectivity index (χ1v) is 5.48. The fourth-order valence-corrected chi connectivity index (χ4v) is 2.16. The third kappa shape index (κ3) is 1.84. The molecule has 2 atom stereocenters. The standard InChI is InChI=1S/C13H16O4/c1-13(12(14)15)7-10(13)9-5-4-8(16-2)6-11(9)17-3/h4-6,10H,7H2,1-3H3,(H,14,15). The second-order valence-electron chi connectivity index (χ2n) is 4.59. The van der Waals surface area contributed by atoms with Crippen LogP contribution < -0.4 is 9.47 Å². The number of carbonyl (C=O) groups is 1. The molecule has 4 nitrogen and oxygen atoms in total. The molecule has 2 unspecified atom stereocenters. The van der Waals surface area contributed by atoms with E-state index in [9.17, 15) is 4.79 Å². The molecule has 0 heterocycles. The van der Waals surface area contributed by atoms with Crippen molar-refractivity contribution in [3.8, 4) is 11.5 Å². The molecule has 0 aliphatic heterocycles. The average Bonchev–Trinajstić information content (AvgIpc) is 3.02. The van der Waals surface area contributed by atoms with Gasteiger partial charge in [0.1, 0.15) is 11.5 Å². The fraction of sp³-hybridized carbons (Fsp3) is 0.462. The van der Waals surface area contributed by atoms with Gasteiger partial charge in [-0.2, -0.15) is 0 Å². The Balaban J connectivity index is 2.32. The number of hydrogen-bond donors (Lipinski definition) is 1. The molecule has 2 rings (SSSR count). The number of ether oxygens (including phenoxy) is 2. The lowest BCUT2D eigenvalue weighted by Gasteiger charge is -2.11. The summed E-state index contributed by atoms with van der Waals surface area (Å²) in [5.74, 6) is 0.684. The predicted molar refractivity (Wildman–Crippen MR) is 62.6 cm³/mol. The van der Waals surface area contributed by atoms with Crippen molar-refractivity contribution in [2.45, 2.75) is 19.3 Å². The highest BCUT2D eigenvalue weighted by Gasteiger charge is 2.57. The molecule has 92 valence electrons. The van der Waals surface area contributed by atoms with E-state index in [1.807, 2.05) is 12.1 Å². The number of hydrogen-bond acceptors (Lipinski definition) is 3. The molecule has 0 aromatic heterocycles. The van der Waals surface area contributed by atoms with Crippen LogP contribution >= 0.6 is 0 Å². The lowest BCUT2D eigenvalue weighted by atomic mass is 10.0. The van der Waals surface area contributed by atoms with Gasteiger partial charge in [-0.3, -0.25) is 4.79 Å². The van der Waals surface area contributed by atoms with Gasteiger partial charge in [-0.05, 0) is 25.0 Å². The summed E-state index contributed by atoms with van der Waals surface area (Å²) in [4.78, 5) is 11.1. The number of carboxylic acids is 1. The highest BCUT2D eigenvalue weighted by molar-refractivity contribution is 5.80. The van der Waals surface area contributed by atoms with E-state index in [2.05, 4.69) is 0 Å². The van der Waals surface area contributed by atoms with Gasteiger partial charge in [-0.25, -0.2) is 0 Å². The fourth-order valence-electron chi connectivity index (χ4n) is 2.16. The SMILES string of the molecule is COc1ccc(C2CC2(C)C(=O)O)c(OC)c1. The quantitative estimate of drug-likeness (QED) is 0.871. The first-order chi connectivity index (χ1) is 8.02. The molecule has 1 saturated carbocycles. The highest BCUT2D eigenvalue weighted by Crippen LogP contribution is 2.61. The van der Waals surface area contributed by atoms with Gasteiger partial charge in [0.05, 0.1) is 19.6 Å². The third-order valence-corrected chi connectivity index (χ3v) is 3.54. The van der Waals surface area contributed by atoms with Crippen LogP contribution in [0.15, 0.2) is 18.2 Å². The van der Waals surface area contributed by atoms with Crippen LogP contribution in [-0.4, -0.2) is 25.3 Å². The summed E-state index contributed by atoms with van der Waals surface area (Å²) >= 11 is 0. The van der Waals surface area contributed by atoms with Crippen molar-refractivity contribution in [3.05, 3.63) is 23.8 Å². The largest absolute Gasteiger partial charge is 0.497 e. The molecule has 0 spiro atoms. The van der Waals surface area contributed by atoms with Crippen LogP contribution in [-0.2, 0) is 4.79 Å². The second-order valence-corrected chi connectivity index (χ2v) is 4.59. The zero-order chi connectivity index (χ0) is 12.6. The lowest BCUT2D eigenvalue weighted by Crippen LogP contribution is -2.12. The van der Waals surface area contributed by atoms with Crippen molar-refractivity contribution in [2.24, 2.45) is 5.41 Å². The third-order valence-electron chi connectivity index (χ3n) is 3.54.